The Morgan fingerprint density at radius 1 is 1.32 bits per heavy atom. The van der Waals surface area contributed by atoms with Crippen LogP contribution in [0.25, 0.3) is 0 Å². The van der Waals surface area contributed by atoms with Crippen molar-refractivity contribution in [3.8, 4) is 0 Å². The molecule has 2 aliphatic rings. The third kappa shape index (κ3) is 3.59. The molecule has 1 aliphatic heterocycles. The first-order valence-electron chi connectivity index (χ1n) is 7.92. The minimum absolute atomic E-state index is 0.113. The van der Waals surface area contributed by atoms with Gasteiger partial charge in [0.15, 0.2) is 5.79 Å². The third-order valence-corrected chi connectivity index (χ3v) is 4.49. The van der Waals surface area contributed by atoms with E-state index in [1.807, 2.05) is 30.3 Å². The summed E-state index contributed by atoms with van der Waals surface area (Å²) in [6.07, 6.45) is 2.13. The van der Waals surface area contributed by atoms with E-state index in [0.29, 0.717) is 25.7 Å². The highest BCUT2D eigenvalue weighted by atomic mass is 16.7. The average Bonchev–Trinajstić information content (AvgIpc) is 2.97. The zero-order valence-electron chi connectivity index (χ0n) is 12.9. The van der Waals surface area contributed by atoms with Crippen LogP contribution in [0.1, 0.15) is 31.7 Å². The lowest BCUT2D eigenvalue weighted by Gasteiger charge is -2.39. The second kappa shape index (κ2) is 6.67. The van der Waals surface area contributed by atoms with Crippen LogP contribution in [0, 0.1) is 5.92 Å². The SMILES string of the molecule is C[C@H]1CC2(CCC1NC(=O)OCc1ccccc1)OCCO2. The molecule has 120 valence electrons. The van der Waals surface area contributed by atoms with Gasteiger partial charge in [-0.15, -0.1) is 0 Å². The van der Waals surface area contributed by atoms with Gasteiger partial charge in [-0.3, -0.25) is 0 Å². The minimum Gasteiger partial charge on any atom is -0.445 e. The molecule has 1 heterocycles. The number of benzene rings is 1. The second-order valence-electron chi connectivity index (χ2n) is 6.14. The van der Waals surface area contributed by atoms with Crippen molar-refractivity contribution in [3.05, 3.63) is 35.9 Å². The number of ether oxygens (including phenoxy) is 3. The van der Waals surface area contributed by atoms with Crippen LogP contribution in [-0.2, 0) is 20.8 Å². The number of hydrogen-bond acceptors (Lipinski definition) is 4. The maximum absolute atomic E-state index is 11.9. The first-order valence-corrected chi connectivity index (χ1v) is 7.92. The fourth-order valence-electron chi connectivity index (χ4n) is 3.28. The van der Waals surface area contributed by atoms with Crippen molar-refractivity contribution in [1.29, 1.82) is 0 Å². The van der Waals surface area contributed by atoms with Crippen molar-refractivity contribution in [3.63, 3.8) is 0 Å². The Hall–Kier alpha value is -1.59. The van der Waals surface area contributed by atoms with Crippen LogP contribution in [0.3, 0.4) is 0 Å². The van der Waals surface area contributed by atoms with Crippen molar-refractivity contribution in [2.45, 2.75) is 44.6 Å². The number of carbonyl (C=O) groups is 1. The number of alkyl carbamates (subject to hydrolysis) is 1. The Balaban J connectivity index is 1.46. The summed E-state index contributed by atoms with van der Waals surface area (Å²) in [7, 11) is 0. The van der Waals surface area contributed by atoms with E-state index in [0.717, 1.165) is 24.8 Å². The van der Waals surface area contributed by atoms with Gasteiger partial charge < -0.3 is 19.5 Å². The smallest absolute Gasteiger partial charge is 0.407 e. The Morgan fingerprint density at radius 2 is 2.05 bits per heavy atom. The van der Waals surface area contributed by atoms with Crippen LogP contribution in [0.2, 0.25) is 0 Å². The fourth-order valence-corrected chi connectivity index (χ4v) is 3.28. The van der Waals surface area contributed by atoms with Gasteiger partial charge in [0, 0.05) is 18.9 Å². The molecule has 1 aromatic carbocycles. The molecule has 0 bridgehead atoms. The molecule has 3 rings (SSSR count). The van der Waals surface area contributed by atoms with Crippen LogP contribution in [0.15, 0.2) is 30.3 Å². The highest BCUT2D eigenvalue weighted by Gasteiger charge is 2.44. The summed E-state index contributed by atoms with van der Waals surface area (Å²) < 4.78 is 16.8. The lowest BCUT2D eigenvalue weighted by molar-refractivity contribution is -0.189. The van der Waals surface area contributed by atoms with Gasteiger partial charge in [0.2, 0.25) is 0 Å². The molecule has 1 aromatic rings. The molecular weight excluding hydrogens is 282 g/mol. The van der Waals surface area contributed by atoms with Gasteiger partial charge in [-0.05, 0) is 17.9 Å². The maximum Gasteiger partial charge on any atom is 0.407 e. The Labute approximate surface area is 130 Å². The summed E-state index contributed by atoms with van der Waals surface area (Å²) in [5, 5.41) is 2.97. The molecule has 1 aliphatic carbocycles. The van der Waals surface area contributed by atoms with E-state index in [4.69, 9.17) is 14.2 Å². The van der Waals surface area contributed by atoms with Gasteiger partial charge in [0.25, 0.3) is 0 Å². The zero-order valence-corrected chi connectivity index (χ0v) is 12.9. The van der Waals surface area contributed by atoms with Crippen LogP contribution >= 0.6 is 0 Å². The summed E-state index contributed by atoms with van der Waals surface area (Å²) in [5.41, 5.74) is 0.987. The number of carbonyl (C=O) groups excluding carboxylic acids is 1. The Morgan fingerprint density at radius 3 is 2.73 bits per heavy atom. The van der Waals surface area contributed by atoms with Crippen molar-refractivity contribution in [2.75, 3.05) is 13.2 Å². The number of nitrogens with one attached hydrogen (secondary N) is 1. The standard InChI is InChI=1S/C17H23NO4/c1-13-11-17(21-9-10-22-17)8-7-15(13)18-16(19)20-12-14-5-3-2-4-6-14/h2-6,13,15H,7-12H2,1H3,(H,18,19)/t13-,15?/m0/s1. The van der Waals surface area contributed by atoms with E-state index in [1.54, 1.807) is 0 Å². The zero-order chi connectivity index (χ0) is 15.4. The highest BCUT2D eigenvalue weighted by molar-refractivity contribution is 5.67. The molecule has 0 aromatic heterocycles. The van der Waals surface area contributed by atoms with Crippen molar-refractivity contribution >= 4 is 6.09 Å². The van der Waals surface area contributed by atoms with Gasteiger partial charge >= 0.3 is 6.09 Å². The molecule has 5 nitrogen and oxygen atoms in total. The van der Waals surface area contributed by atoms with Gasteiger partial charge in [0.1, 0.15) is 6.61 Å². The van der Waals surface area contributed by atoms with Crippen molar-refractivity contribution in [1.82, 2.24) is 5.32 Å². The maximum atomic E-state index is 11.9. The molecule has 2 atom stereocenters. The molecule has 0 radical (unpaired) electrons. The Kier molecular flexibility index (Phi) is 4.64. The summed E-state index contributed by atoms with van der Waals surface area (Å²) in [5.74, 6) is -0.109. The number of amides is 1. The van der Waals surface area contributed by atoms with E-state index >= 15 is 0 Å². The van der Waals surface area contributed by atoms with E-state index in [-0.39, 0.29) is 12.1 Å². The van der Waals surface area contributed by atoms with E-state index < -0.39 is 5.79 Å². The Bertz CT molecular complexity index is 499. The summed E-state index contributed by atoms with van der Waals surface area (Å²) in [4.78, 5) is 11.9. The molecule has 1 amide bonds. The summed E-state index contributed by atoms with van der Waals surface area (Å²) in [6, 6.07) is 9.80. The largest absolute Gasteiger partial charge is 0.445 e. The van der Waals surface area contributed by atoms with Crippen LogP contribution in [0.5, 0.6) is 0 Å². The highest BCUT2D eigenvalue weighted by Crippen LogP contribution is 2.38. The average molecular weight is 305 g/mol. The normalized spacial score (nSPS) is 26.8. The quantitative estimate of drug-likeness (QED) is 0.933. The summed E-state index contributed by atoms with van der Waals surface area (Å²) >= 11 is 0. The van der Waals surface area contributed by atoms with E-state index in [9.17, 15) is 4.79 Å². The number of rotatable bonds is 3. The first kappa shape index (κ1) is 15.3. The van der Waals surface area contributed by atoms with E-state index in [1.165, 1.54) is 0 Å². The second-order valence-corrected chi connectivity index (χ2v) is 6.14. The predicted molar refractivity (Wildman–Crippen MR) is 81.2 cm³/mol. The molecule has 1 saturated heterocycles. The van der Waals surface area contributed by atoms with Gasteiger partial charge in [-0.1, -0.05) is 37.3 Å². The minimum atomic E-state index is -0.411. The number of hydrogen-bond donors (Lipinski definition) is 1. The van der Waals surface area contributed by atoms with Crippen molar-refractivity contribution in [2.24, 2.45) is 5.92 Å². The monoisotopic (exact) mass is 305 g/mol. The lowest BCUT2D eigenvalue weighted by Crippen LogP contribution is -2.48. The molecule has 5 heteroatoms. The van der Waals surface area contributed by atoms with Crippen molar-refractivity contribution < 1.29 is 19.0 Å². The lowest BCUT2D eigenvalue weighted by atomic mass is 9.82. The molecular formula is C17H23NO4. The van der Waals surface area contributed by atoms with Crippen LogP contribution in [0.4, 0.5) is 4.79 Å². The van der Waals surface area contributed by atoms with Crippen LogP contribution in [-0.4, -0.2) is 31.1 Å². The third-order valence-electron chi connectivity index (χ3n) is 4.49. The predicted octanol–water partition coefficient (Wildman–Crippen LogP) is 2.84. The molecule has 1 unspecified atom stereocenters. The molecule has 2 fully saturated rings. The molecule has 1 saturated carbocycles. The molecule has 1 N–H and O–H groups in total. The summed E-state index contributed by atoms with van der Waals surface area (Å²) in [6.45, 7) is 3.76. The van der Waals surface area contributed by atoms with E-state index in [2.05, 4.69) is 12.2 Å². The van der Waals surface area contributed by atoms with Crippen LogP contribution < -0.4 is 5.32 Å². The van der Waals surface area contributed by atoms with Gasteiger partial charge in [-0.25, -0.2) is 4.79 Å². The topological polar surface area (TPSA) is 56.8 Å². The van der Waals surface area contributed by atoms with Gasteiger partial charge in [-0.2, -0.15) is 0 Å². The van der Waals surface area contributed by atoms with Gasteiger partial charge in [0.05, 0.1) is 13.2 Å². The molecule has 1 spiro atoms. The molecule has 22 heavy (non-hydrogen) atoms. The fraction of sp³-hybridized carbons (Fsp3) is 0.588. The first-order chi connectivity index (χ1) is 10.7.